The first-order valence-electron chi connectivity index (χ1n) is 4.04. The van der Waals surface area contributed by atoms with E-state index in [2.05, 4.69) is 0 Å². The number of halogens is 2. The van der Waals surface area contributed by atoms with E-state index in [9.17, 15) is 13.6 Å². The van der Waals surface area contributed by atoms with E-state index in [4.69, 9.17) is 5.11 Å². The Bertz CT molecular complexity index is 352. The van der Waals surface area contributed by atoms with Gasteiger partial charge in [-0.05, 0) is 31.5 Å². The van der Waals surface area contributed by atoms with Crippen LogP contribution in [0.15, 0.2) is 18.2 Å². The highest BCUT2D eigenvalue weighted by Gasteiger charge is 2.30. The fourth-order valence-electron chi connectivity index (χ4n) is 1.04. The van der Waals surface area contributed by atoms with Crippen LogP contribution in [0.25, 0.3) is 0 Å². The van der Waals surface area contributed by atoms with Crippen molar-refractivity contribution < 1.29 is 18.7 Å². The van der Waals surface area contributed by atoms with E-state index in [1.807, 2.05) is 0 Å². The maximum atomic E-state index is 12.8. The van der Waals surface area contributed by atoms with Gasteiger partial charge in [0.25, 0.3) is 0 Å². The summed E-state index contributed by atoms with van der Waals surface area (Å²) in [7, 11) is 0. The molecule has 0 spiro atoms. The summed E-state index contributed by atoms with van der Waals surface area (Å²) in [5.41, 5.74) is -1.18. The molecule has 1 aromatic carbocycles. The van der Waals surface area contributed by atoms with Gasteiger partial charge in [-0.1, -0.05) is 0 Å². The highest BCUT2D eigenvalue weighted by Crippen LogP contribution is 2.24. The standard InChI is InChI=1S/C10H10F2O2/c1-10(2,9(13)14)6-3-7(11)5-8(12)4-6/h3-5H,1-2H3,(H,13,14). The molecule has 0 saturated heterocycles. The number of rotatable bonds is 2. The van der Waals surface area contributed by atoms with E-state index >= 15 is 0 Å². The maximum absolute atomic E-state index is 12.8. The van der Waals surface area contributed by atoms with E-state index < -0.39 is 23.0 Å². The van der Waals surface area contributed by atoms with Crippen LogP contribution in [0.5, 0.6) is 0 Å². The van der Waals surface area contributed by atoms with Gasteiger partial charge >= 0.3 is 5.97 Å². The molecule has 0 amide bonds. The number of carbonyl (C=O) groups is 1. The van der Waals surface area contributed by atoms with Crippen molar-refractivity contribution in [2.45, 2.75) is 19.3 Å². The predicted molar refractivity (Wildman–Crippen MR) is 47.0 cm³/mol. The maximum Gasteiger partial charge on any atom is 0.313 e. The Hall–Kier alpha value is -1.45. The zero-order chi connectivity index (χ0) is 10.9. The number of hydrogen-bond donors (Lipinski definition) is 1. The Kier molecular flexibility index (Phi) is 2.55. The largest absolute Gasteiger partial charge is 0.481 e. The minimum Gasteiger partial charge on any atom is -0.481 e. The van der Waals surface area contributed by atoms with E-state index in [0.29, 0.717) is 6.07 Å². The first kappa shape index (κ1) is 10.6. The molecule has 0 radical (unpaired) electrons. The number of benzene rings is 1. The fourth-order valence-corrected chi connectivity index (χ4v) is 1.04. The van der Waals surface area contributed by atoms with Crippen molar-refractivity contribution in [2.24, 2.45) is 0 Å². The Morgan fingerprint density at radius 2 is 1.64 bits per heavy atom. The molecule has 0 fully saturated rings. The van der Waals surface area contributed by atoms with Crippen LogP contribution in [0.2, 0.25) is 0 Å². The van der Waals surface area contributed by atoms with E-state index in [1.165, 1.54) is 13.8 Å². The normalized spacial score (nSPS) is 11.4. The molecule has 0 bridgehead atoms. The molecular formula is C10H10F2O2. The van der Waals surface area contributed by atoms with Crippen LogP contribution >= 0.6 is 0 Å². The van der Waals surface area contributed by atoms with Crippen molar-refractivity contribution in [2.75, 3.05) is 0 Å². The zero-order valence-electron chi connectivity index (χ0n) is 7.84. The second kappa shape index (κ2) is 3.36. The van der Waals surface area contributed by atoms with Crippen LogP contribution in [0.4, 0.5) is 8.78 Å². The average molecular weight is 200 g/mol. The minimum atomic E-state index is -1.29. The lowest BCUT2D eigenvalue weighted by Crippen LogP contribution is -2.28. The third kappa shape index (κ3) is 1.89. The molecule has 4 heteroatoms. The van der Waals surface area contributed by atoms with Crippen LogP contribution < -0.4 is 0 Å². The lowest BCUT2D eigenvalue weighted by molar-refractivity contribution is -0.142. The van der Waals surface area contributed by atoms with Crippen LogP contribution in [-0.4, -0.2) is 11.1 Å². The van der Waals surface area contributed by atoms with E-state index in [0.717, 1.165) is 12.1 Å². The van der Waals surface area contributed by atoms with Crippen LogP contribution in [0, 0.1) is 11.6 Å². The molecule has 1 aromatic rings. The van der Waals surface area contributed by atoms with Gasteiger partial charge < -0.3 is 5.11 Å². The van der Waals surface area contributed by atoms with Crippen molar-refractivity contribution in [3.8, 4) is 0 Å². The highest BCUT2D eigenvalue weighted by molar-refractivity contribution is 5.80. The molecule has 0 aliphatic carbocycles. The quantitative estimate of drug-likeness (QED) is 0.795. The lowest BCUT2D eigenvalue weighted by atomic mass is 9.85. The molecule has 0 aromatic heterocycles. The van der Waals surface area contributed by atoms with Crippen molar-refractivity contribution >= 4 is 5.97 Å². The summed E-state index contributed by atoms with van der Waals surface area (Å²) in [5.74, 6) is -2.66. The first-order chi connectivity index (χ1) is 6.34. The number of hydrogen-bond acceptors (Lipinski definition) is 1. The summed E-state index contributed by atoms with van der Waals surface area (Å²) in [5, 5.41) is 8.83. The Balaban J connectivity index is 3.25. The third-order valence-corrected chi connectivity index (χ3v) is 2.12. The summed E-state index contributed by atoms with van der Waals surface area (Å²) in [6, 6.07) is 2.76. The smallest absolute Gasteiger partial charge is 0.313 e. The molecule has 0 unspecified atom stereocenters. The molecule has 0 aliphatic heterocycles. The highest BCUT2D eigenvalue weighted by atomic mass is 19.1. The topological polar surface area (TPSA) is 37.3 Å². The van der Waals surface area contributed by atoms with Crippen molar-refractivity contribution in [1.29, 1.82) is 0 Å². The SMILES string of the molecule is CC(C)(C(=O)O)c1cc(F)cc(F)c1. The fraction of sp³-hybridized carbons (Fsp3) is 0.300. The number of carboxylic acid groups (broad SMARTS) is 1. The Labute approximate surface area is 80.2 Å². The van der Waals surface area contributed by atoms with Gasteiger partial charge in [-0.3, -0.25) is 4.79 Å². The average Bonchev–Trinajstić information content (AvgIpc) is 2.01. The molecule has 14 heavy (non-hydrogen) atoms. The molecule has 0 heterocycles. The number of aliphatic carboxylic acids is 1. The van der Waals surface area contributed by atoms with Gasteiger partial charge in [0, 0.05) is 6.07 Å². The second-order valence-corrected chi connectivity index (χ2v) is 3.59. The Morgan fingerprint density at radius 1 is 1.21 bits per heavy atom. The molecule has 0 aliphatic rings. The number of carboxylic acids is 1. The van der Waals surface area contributed by atoms with Crippen LogP contribution in [0.3, 0.4) is 0 Å². The van der Waals surface area contributed by atoms with Gasteiger partial charge in [0.1, 0.15) is 11.6 Å². The van der Waals surface area contributed by atoms with Gasteiger partial charge in [-0.2, -0.15) is 0 Å². The predicted octanol–water partition coefficient (Wildman–Crippen LogP) is 2.33. The van der Waals surface area contributed by atoms with Gasteiger partial charge in [-0.25, -0.2) is 8.78 Å². The van der Waals surface area contributed by atoms with Crippen LogP contribution in [0.1, 0.15) is 19.4 Å². The van der Waals surface area contributed by atoms with E-state index in [1.54, 1.807) is 0 Å². The van der Waals surface area contributed by atoms with Gasteiger partial charge in [-0.15, -0.1) is 0 Å². The van der Waals surface area contributed by atoms with Crippen molar-refractivity contribution in [3.63, 3.8) is 0 Å². The second-order valence-electron chi connectivity index (χ2n) is 3.59. The molecule has 2 nitrogen and oxygen atoms in total. The lowest BCUT2D eigenvalue weighted by Gasteiger charge is -2.19. The zero-order valence-corrected chi connectivity index (χ0v) is 7.84. The van der Waals surface area contributed by atoms with Gasteiger partial charge in [0.05, 0.1) is 5.41 Å². The minimum absolute atomic E-state index is 0.113. The third-order valence-electron chi connectivity index (χ3n) is 2.12. The summed E-state index contributed by atoms with van der Waals surface area (Å²) < 4.78 is 25.6. The molecule has 1 rings (SSSR count). The molecule has 0 atom stereocenters. The van der Waals surface area contributed by atoms with Crippen molar-refractivity contribution in [3.05, 3.63) is 35.4 Å². The molecule has 0 saturated carbocycles. The van der Waals surface area contributed by atoms with Crippen LogP contribution in [-0.2, 0) is 10.2 Å². The molecular weight excluding hydrogens is 190 g/mol. The van der Waals surface area contributed by atoms with Gasteiger partial charge in [0.2, 0.25) is 0 Å². The van der Waals surface area contributed by atoms with Gasteiger partial charge in [0.15, 0.2) is 0 Å². The summed E-state index contributed by atoms with van der Waals surface area (Å²) in [4.78, 5) is 10.8. The first-order valence-corrected chi connectivity index (χ1v) is 4.04. The van der Waals surface area contributed by atoms with E-state index in [-0.39, 0.29) is 5.56 Å². The molecule has 76 valence electrons. The summed E-state index contributed by atoms with van der Waals surface area (Å²) in [6.07, 6.45) is 0. The summed E-state index contributed by atoms with van der Waals surface area (Å²) >= 11 is 0. The monoisotopic (exact) mass is 200 g/mol. The summed E-state index contributed by atoms with van der Waals surface area (Å²) in [6.45, 7) is 2.78. The van der Waals surface area contributed by atoms with Crippen molar-refractivity contribution in [1.82, 2.24) is 0 Å². The Morgan fingerprint density at radius 3 is 2.00 bits per heavy atom. The molecule has 1 N–H and O–H groups in total.